The van der Waals surface area contributed by atoms with Crippen LogP contribution in [-0.2, 0) is 14.8 Å². The lowest BCUT2D eigenvalue weighted by molar-refractivity contribution is 0.0598. The van der Waals surface area contributed by atoms with Crippen LogP contribution in [0.3, 0.4) is 0 Å². The number of anilines is 1. The number of nitrogens with zero attached hydrogens (tertiary/aromatic N) is 2. The molecule has 0 unspecified atom stereocenters. The summed E-state index contributed by atoms with van der Waals surface area (Å²) in [5.41, 5.74) is 1.13. The lowest BCUT2D eigenvalue weighted by Crippen LogP contribution is -2.48. The molecule has 0 bridgehead atoms. The standard InChI is InChI=1S/C18H22N2O6S/c1-13-16(18(21)25-3)12-17(26-13)27(22,23)20-10-8-19(9-11-20)14-4-6-15(24-2)7-5-14/h4-7,12H,8-11H2,1-3H3. The highest BCUT2D eigenvalue weighted by atomic mass is 32.2. The average Bonchev–Trinajstić information content (AvgIpc) is 3.10. The van der Waals surface area contributed by atoms with Gasteiger partial charge < -0.3 is 18.8 Å². The van der Waals surface area contributed by atoms with E-state index in [1.54, 1.807) is 7.11 Å². The van der Waals surface area contributed by atoms with E-state index in [2.05, 4.69) is 9.64 Å². The second-order valence-corrected chi connectivity index (χ2v) is 7.98. The highest BCUT2D eigenvalue weighted by molar-refractivity contribution is 7.89. The van der Waals surface area contributed by atoms with Crippen molar-refractivity contribution in [1.29, 1.82) is 0 Å². The van der Waals surface area contributed by atoms with Gasteiger partial charge in [-0.3, -0.25) is 0 Å². The largest absolute Gasteiger partial charge is 0.497 e. The van der Waals surface area contributed by atoms with Gasteiger partial charge in [0.2, 0.25) is 5.09 Å². The summed E-state index contributed by atoms with van der Waals surface area (Å²) in [5, 5.41) is -0.238. The SMILES string of the molecule is COC(=O)c1cc(S(=O)(=O)N2CCN(c3ccc(OC)cc3)CC2)oc1C. The first-order valence-corrected chi connectivity index (χ1v) is 9.88. The van der Waals surface area contributed by atoms with Crippen LogP contribution in [0.4, 0.5) is 5.69 Å². The zero-order valence-corrected chi connectivity index (χ0v) is 16.3. The van der Waals surface area contributed by atoms with Gasteiger partial charge in [-0.2, -0.15) is 4.31 Å². The van der Waals surface area contributed by atoms with Crippen LogP contribution in [0.25, 0.3) is 0 Å². The van der Waals surface area contributed by atoms with Crippen molar-refractivity contribution in [3.8, 4) is 5.75 Å². The molecule has 0 atom stereocenters. The zero-order valence-electron chi connectivity index (χ0n) is 15.5. The summed E-state index contributed by atoms with van der Waals surface area (Å²) < 4.78 is 42.2. The number of methoxy groups -OCH3 is 2. The molecule has 1 fully saturated rings. The van der Waals surface area contributed by atoms with Crippen LogP contribution in [-0.4, -0.2) is 59.1 Å². The molecule has 1 aliphatic heterocycles. The topological polar surface area (TPSA) is 89.3 Å². The lowest BCUT2D eigenvalue weighted by atomic mass is 10.2. The minimum atomic E-state index is -3.81. The Bertz CT molecular complexity index is 912. The van der Waals surface area contributed by atoms with E-state index in [1.165, 1.54) is 24.4 Å². The predicted octanol–water partition coefficient (Wildman–Crippen LogP) is 1.89. The number of carbonyl (C=O) groups is 1. The molecule has 0 N–H and O–H groups in total. The predicted molar refractivity (Wildman–Crippen MR) is 98.8 cm³/mol. The Labute approximate surface area is 158 Å². The first-order chi connectivity index (χ1) is 12.9. The molecule has 146 valence electrons. The zero-order chi connectivity index (χ0) is 19.6. The third-order valence-electron chi connectivity index (χ3n) is 4.57. The molecule has 2 heterocycles. The fraction of sp³-hybridized carbons (Fsp3) is 0.389. The number of ether oxygens (including phenoxy) is 2. The summed E-state index contributed by atoms with van der Waals surface area (Å²) >= 11 is 0. The molecule has 1 aromatic heterocycles. The molecule has 0 saturated carbocycles. The summed E-state index contributed by atoms with van der Waals surface area (Å²) in [5.74, 6) is 0.369. The number of benzene rings is 1. The van der Waals surface area contributed by atoms with E-state index < -0.39 is 16.0 Å². The highest BCUT2D eigenvalue weighted by Crippen LogP contribution is 2.26. The maximum Gasteiger partial charge on any atom is 0.341 e. The fourth-order valence-corrected chi connectivity index (χ4v) is 4.40. The van der Waals surface area contributed by atoms with Gasteiger partial charge in [0, 0.05) is 37.9 Å². The molecule has 9 heteroatoms. The van der Waals surface area contributed by atoms with Gasteiger partial charge in [-0.15, -0.1) is 0 Å². The monoisotopic (exact) mass is 394 g/mol. The van der Waals surface area contributed by atoms with Gasteiger partial charge in [0.1, 0.15) is 17.1 Å². The fourth-order valence-electron chi connectivity index (χ4n) is 3.00. The molecule has 1 aromatic carbocycles. The number of carbonyl (C=O) groups excluding carboxylic acids is 1. The van der Waals surface area contributed by atoms with Gasteiger partial charge in [0.15, 0.2) is 0 Å². The summed E-state index contributed by atoms with van der Waals surface area (Å²) in [7, 11) is -0.960. The maximum absolute atomic E-state index is 12.8. The number of rotatable bonds is 5. The number of aryl methyl sites for hydroxylation is 1. The smallest absolute Gasteiger partial charge is 0.341 e. The highest BCUT2D eigenvalue weighted by Gasteiger charge is 2.32. The lowest BCUT2D eigenvalue weighted by Gasteiger charge is -2.34. The van der Waals surface area contributed by atoms with Crippen molar-refractivity contribution in [2.45, 2.75) is 12.0 Å². The molecule has 8 nitrogen and oxygen atoms in total. The number of esters is 1. The Morgan fingerprint density at radius 3 is 2.26 bits per heavy atom. The van der Waals surface area contributed by atoms with E-state index in [0.717, 1.165) is 11.4 Å². The Balaban J connectivity index is 1.72. The number of sulfonamides is 1. The number of hydrogen-bond donors (Lipinski definition) is 0. The molecular weight excluding hydrogens is 372 g/mol. The van der Waals surface area contributed by atoms with E-state index in [9.17, 15) is 13.2 Å². The minimum absolute atomic E-state index is 0.118. The number of hydrogen-bond acceptors (Lipinski definition) is 7. The molecule has 1 aliphatic rings. The second kappa shape index (κ2) is 7.61. The van der Waals surface area contributed by atoms with Crippen molar-refractivity contribution in [3.63, 3.8) is 0 Å². The summed E-state index contributed by atoms with van der Waals surface area (Å²) in [6.07, 6.45) is 0. The molecule has 0 amide bonds. The van der Waals surface area contributed by atoms with Crippen LogP contribution in [0.1, 0.15) is 16.1 Å². The Morgan fingerprint density at radius 1 is 1.07 bits per heavy atom. The normalized spacial score (nSPS) is 15.6. The number of piperazine rings is 1. The van der Waals surface area contributed by atoms with Gasteiger partial charge in [0.05, 0.1) is 14.2 Å². The quantitative estimate of drug-likeness (QED) is 0.716. The first-order valence-electron chi connectivity index (χ1n) is 8.44. The van der Waals surface area contributed by atoms with Crippen molar-refractivity contribution in [3.05, 3.63) is 41.7 Å². The van der Waals surface area contributed by atoms with Crippen molar-refractivity contribution < 1.29 is 27.1 Å². The van der Waals surface area contributed by atoms with Crippen LogP contribution >= 0.6 is 0 Å². The van der Waals surface area contributed by atoms with Gasteiger partial charge in [-0.05, 0) is 31.2 Å². The molecule has 2 aromatic rings. The van der Waals surface area contributed by atoms with Crippen LogP contribution in [0.15, 0.2) is 39.8 Å². The molecular formula is C18H22N2O6S. The van der Waals surface area contributed by atoms with Crippen molar-refractivity contribution in [2.75, 3.05) is 45.3 Å². The van der Waals surface area contributed by atoms with Crippen LogP contribution in [0.5, 0.6) is 5.75 Å². The Hall–Kier alpha value is -2.52. The van der Waals surface area contributed by atoms with E-state index in [-0.39, 0.29) is 16.4 Å². The van der Waals surface area contributed by atoms with Crippen molar-refractivity contribution >= 4 is 21.7 Å². The van der Waals surface area contributed by atoms with Crippen molar-refractivity contribution in [1.82, 2.24) is 4.31 Å². The van der Waals surface area contributed by atoms with E-state index in [0.29, 0.717) is 26.2 Å². The van der Waals surface area contributed by atoms with E-state index in [4.69, 9.17) is 9.15 Å². The molecule has 27 heavy (non-hydrogen) atoms. The maximum atomic E-state index is 12.8. The van der Waals surface area contributed by atoms with Crippen molar-refractivity contribution in [2.24, 2.45) is 0 Å². The number of furan rings is 1. The van der Waals surface area contributed by atoms with Crippen LogP contribution < -0.4 is 9.64 Å². The third kappa shape index (κ3) is 3.79. The second-order valence-electron chi connectivity index (χ2n) is 6.12. The van der Waals surface area contributed by atoms with Crippen LogP contribution in [0.2, 0.25) is 0 Å². The van der Waals surface area contributed by atoms with Gasteiger partial charge >= 0.3 is 5.97 Å². The van der Waals surface area contributed by atoms with Crippen LogP contribution in [0, 0.1) is 6.92 Å². The average molecular weight is 394 g/mol. The molecule has 3 rings (SSSR count). The Morgan fingerprint density at radius 2 is 1.70 bits per heavy atom. The van der Waals surface area contributed by atoms with Gasteiger partial charge in [-0.25, -0.2) is 13.2 Å². The summed E-state index contributed by atoms with van der Waals surface area (Å²) in [6, 6.07) is 8.87. The molecule has 1 saturated heterocycles. The first kappa shape index (κ1) is 19.2. The minimum Gasteiger partial charge on any atom is -0.497 e. The van der Waals surface area contributed by atoms with E-state index >= 15 is 0 Å². The summed E-state index contributed by atoms with van der Waals surface area (Å²) in [6.45, 7) is 3.28. The van der Waals surface area contributed by atoms with Gasteiger partial charge in [0.25, 0.3) is 10.0 Å². The summed E-state index contributed by atoms with van der Waals surface area (Å²) in [4.78, 5) is 13.8. The molecule has 0 spiro atoms. The third-order valence-corrected chi connectivity index (χ3v) is 6.33. The Kier molecular flexibility index (Phi) is 5.43. The molecule has 0 radical (unpaired) electrons. The van der Waals surface area contributed by atoms with Gasteiger partial charge in [-0.1, -0.05) is 0 Å². The molecule has 0 aliphatic carbocycles. The van der Waals surface area contributed by atoms with E-state index in [1.807, 2.05) is 24.3 Å².